The Balaban J connectivity index is 2.13. The highest BCUT2D eigenvalue weighted by molar-refractivity contribution is 5.90. The second-order valence-electron chi connectivity index (χ2n) is 6.13. The lowest BCUT2D eigenvalue weighted by atomic mass is 10.0. The van der Waals surface area contributed by atoms with Gasteiger partial charge in [0.2, 0.25) is 0 Å². The molecule has 0 unspecified atom stereocenters. The molecule has 0 atom stereocenters. The van der Waals surface area contributed by atoms with E-state index in [1.807, 2.05) is 0 Å². The summed E-state index contributed by atoms with van der Waals surface area (Å²) >= 11 is 0. The van der Waals surface area contributed by atoms with Gasteiger partial charge in [-0.3, -0.25) is 0 Å². The van der Waals surface area contributed by atoms with Gasteiger partial charge in [-0.2, -0.15) is 0 Å². The fourth-order valence-electron chi connectivity index (χ4n) is 3.60. The van der Waals surface area contributed by atoms with Crippen molar-refractivity contribution < 1.29 is 0 Å². The Morgan fingerprint density at radius 2 is 1.52 bits per heavy atom. The van der Waals surface area contributed by atoms with Gasteiger partial charge in [0.15, 0.2) is 0 Å². The van der Waals surface area contributed by atoms with Crippen molar-refractivity contribution in [3.8, 4) is 22.3 Å². The number of hydrogen-bond acceptors (Lipinski definition) is 1. The van der Waals surface area contributed by atoms with E-state index in [1.54, 1.807) is 0 Å². The average Bonchev–Trinajstić information content (AvgIpc) is 3.06. The third-order valence-electron chi connectivity index (χ3n) is 4.71. The van der Waals surface area contributed by atoms with Crippen molar-refractivity contribution >= 4 is 5.69 Å². The molecule has 104 valence electrons. The van der Waals surface area contributed by atoms with E-state index in [1.165, 1.54) is 44.6 Å². The van der Waals surface area contributed by atoms with E-state index < -0.39 is 0 Å². The Kier molecular flexibility index (Phi) is 2.58. The van der Waals surface area contributed by atoms with Crippen LogP contribution in [0.4, 0.5) is 5.69 Å². The Hall–Kier alpha value is -2.28. The van der Waals surface area contributed by atoms with E-state index >= 15 is 0 Å². The molecule has 0 heterocycles. The third kappa shape index (κ3) is 1.70. The second kappa shape index (κ2) is 4.36. The van der Waals surface area contributed by atoms with Crippen LogP contribution >= 0.6 is 0 Å². The molecule has 0 radical (unpaired) electrons. The smallest absolute Gasteiger partial charge is 0.0447 e. The van der Waals surface area contributed by atoms with Gasteiger partial charge >= 0.3 is 0 Å². The van der Waals surface area contributed by atoms with E-state index in [-0.39, 0.29) is 0 Å². The van der Waals surface area contributed by atoms with Crippen molar-refractivity contribution in [1.82, 2.24) is 0 Å². The maximum Gasteiger partial charge on any atom is 0.0447 e. The number of benzene rings is 1. The van der Waals surface area contributed by atoms with E-state index in [2.05, 4.69) is 74.4 Å². The SMILES string of the molecule is Cc1c2cccc-2c(N(C)C)cc2c1Cc1ccccc1-2. The fraction of sp³-hybridized carbons (Fsp3) is 0.200. The molecule has 0 bridgehead atoms. The number of hydrogen-bond donors (Lipinski definition) is 0. The van der Waals surface area contributed by atoms with Crippen molar-refractivity contribution in [3.63, 3.8) is 0 Å². The molecule has 4 rings (SSSR count). The van der Waals surface area contributed by atoms with Crippen LogP contribution in [0, 0.1) is 6.92 Å². The standard InChI is InChI=1S/C20H19N/c1-13-15-9-6-10-17(15)20(21(2)3)12-19-16-8-5-4-7-14(16)11-18(13)19/h4-10,12H,11H2,1-3H3. The molecule has 0 fully saturated rings. The van der Waals surface area contributed by atoms with Crippen LogP contribution < -0.4 is 4.90 Å². The fourth-order valence-corrected chi connectivity index (χ4v) is 3.60. The molecule has 0 saturated carbocycles. The van der Waals surface area contributed by atoms with Crippen LogP contribution in [-0.4, -0.2) is 14.1 Å². The highest BCUT2D eigenvalue weighted by Gasteiger charge is 2.23. The number of fused-ring (bicyclic) bond motifs is 4. The average molecular weight is 273 g/mol. The summed E-state index contributed by atoms with van der Waals surface area (Å²) in [6, 6.07) is 17.8. The molecular formula is C20H19N. The quantitative estimate of drug-likeness (QED) is 0.484. The van der Waals surface area contributed by atoms with Gasteiger partial charge in [0, 0.05) is 25.3 Å². The second-order valence-corrected chi connectivity index (χ2v) is 6.13. The maximum atomic E-state index is 2.37. The highest BCUT2D eigenvalue weighted by atomic mass is 15.1. The topological polar surface area (TPSA) is 3.24 Å². The lowest BCUT2D eigenvalue weighted by Gasteiger charge is -2.15. The van der Waals surface area contributed by atoms with Crippen LogP contribution in [0.1, 0.15) is 16.7 Å². The Morgan fingerprint density at radius 3 is 2.33 bits per heavy atom. The van der Waals surface area contributed by atoms with Gasteiger partial charge in [-0.1, -0.05) is 42.5 Å². The summed E-state index contributed by atoms with van der Waals surface area (Å²) in [7, 11) is 4.26. The summed E-state index contributed by atoms with van der Waals surface area (Å²) < 4.78 is 0. The number of anilines is 1. The van der Waals surface area contributed by atoms with Crippen LogP contribution in [-0.2, 0) is 6.42 Å². The largest absolute Gasteiger partial charge is 0.377 e. The van der Waals surface area contributed by atoms with Gasteiger partial charge in [-0.25, -0.2) is 0 Å². The van der Waals surface area contributed by atoms with Crippen molar-refractivity contribution in [3.05, 3.63) is 65.2 Å². The number of rotatable bonds is 1. The molecular weight excluding hydrogens is 254 g/mol. The van der Waals surface area contributed by atoms with Gasteiger partial charge in [0.25, 0.3) is 0 Å². The zero-order chi connectivity index (χ0) is 14.6. The molecule has 1 heteroatoms. The summed E-state index contributed by atoms with van der Waals surface area (Å²) in [6.45, 7) is 2.27. The summed E-state index contributed by atoms with van der Waals surface area (Å²) in [5, 5.41) is 0. The molecule has 0 N–H and O–H groups in total. The molecule has 3 aliphatic rings. The first-order chi connectivity index (χ1) is 10.2. The molecule has 1 nitrogen and oxygen atoms in total. The van der Waals surface area contributed by atoms with Crippen molar-refractivity contribution in [2.45, 2.75) is 13.3 Å². The van der Waals surface area contributed by atoms with Crippen LogP contribution in [0.15, 0.2) is 48.5 Å². The summed E-state index contributed by atoms with van der Waals surface area (Å²) in [5.41, 5.74) is 11.2. The first kappa shape index (κ1) is 12.5. The molecule has 0 aromatic heterocycles. The third-order valence-corrected chi connectivity index (χ3v) is 4.71. The van der Waals surface area contributed by atoms with Gasteiger partial charge in [0.1, 0.15) is 0 Å². The molecule has 0 saturated heterocycles. The number of nitrogens with zero attached hydrogens (tertiary/aromatic N) is 1. The molecule has 21 heavy (non-hydrogen) atoms. The van der Waals surface area contributed by atoms with Gasteiger partial charge in [-0.15, -0.1) is 0 Å². The van der Waals surface area contributed by atoms with Crippen LogP contribution in [0.5, 0.6) is 0 Å². The Morgan fingerprint density at radius 1 is 0.810 bits per heavy atom. The molecule has 1 aromatic carbocycles. The minimum atomic E-state index is 1.05. The molecule has 3 aliphatic carbocycles. The van der Waals surface area contributed by atoms with Crippen LogP contribution in [0.3, 0.4) is 0 Å². The van der Waals surface area contributed by atoms with Gasteiger partial charge in [-0.05, 0) is 52.8 Å². The molecule has 1 aromatic rings. The lowest BCUT2D eigenvalue weighted by molar-refractivity contribution is 1.14. The van der Waals surface area contributed by atoms with E-state index in [0.29, 0.717) is 0 Å². The predicted molar refractivity (Wildman–Crippen MR) is 90.4 cm³/mol. The van der Waals surface area contributed by atoms with Crippen molar-refractivity contribution in [1.29, 1.82) is 0 Å². The molecule has 0 amide bonds. The van der Waals surface area contributed by atoms with Gasteiger partial charge in [0.05, 0.1) is 0 Å². The Bertz CT molecular complexity index is 814. The van der Waals surface area contributed by atoms with E-state index in [9.17, 15) is 0 Å². The summed E-state index contributed by atoms with van der Waals surface area (Å²) in [4.78, 5) is 2.23. The maximum absolute atomic E-state index is 2.37. The monoisotopic (exact) mass is 273 g/mol. The van der Waals surface area contributed by atoms with Crippen LogP contribution in [0.2, 0.25) is 0 Å². The van der Waals surface area contributed by atoms with Gasteiger partial charge < -0.3 is 4.90 Å². The zero-order valence-corrected chi connectivity index (χ0v) is 12.8. The first-order valence-electron chi connectivity index (χ1n) is 7.47. The first-order valence-corrected chi connectivity index (χ1v) is 7.47. The minimum Gasteiger partial charge on any atom is -0.377 e. The Labute approximate surface area is 126 Å². The van der Waals surface area contributed by atoms with Crippen molar-refractivity contribution in [2.24, 2.45) is 0 Å². The highest BCUT2D eigenvalue weighted by Crippen LogP contribution is 2.45. The summed E-state index contributed by atoms with van der Waals surface area (Å²) in [6.07, 6.45) is 1.05. The predicted octanol–water partition coefficient (Wildman–Crippen LogP) is 4.74. The van der Waals surface area contributed by atoms with E-state index in [0.717, 1.165) is 6.42 Å². The van der Waals surface area contributed by atoms with Crippen LogP contribution in [0.25, 0.3) is 22.3 Å². The zero-order valence-electron chi connectivity index (χ0n) is 12.8. The minimum absolute atomic E-state index is 1.05. The lowest BCUT2D eigenvalue weighted by Crippen LogP contribution is -2.09. The van der Waals surface area contributed by atoms with E-state index in [4.69, 9.17) is 0 Å². The normalized spacial score (nSPS) is 12.3. The van der Waals surface area contributed by atoms with Crippen molar-refractivity contribution in [2.75, 3.05) is 19.0 Å². The summed E-state index contributed by atoms with van der Waals surface area (Å²) in [5.74, 6) is 0. The molecule has 0 spiro atoms. The molecule has 0 aliphatic heterocycles.